The van der Waals surface area contributed by atoms with Crippen molar-refractivity contribution in [3.63, 3.8) is 0 Å². The number of aromatic nitrogens is 1. The molecule has 1 fully saturated rings. The fourth-order valence-electron chi connectivity index (χ4n) is 3.31. The summed E-state index contributed by atoms with van der Waals surface area (Å²) in [4.78, 5) is 21.6. The highest BCUT2D eigenvalue weighted by atomic mass is 16.1. The van der Waals surface area contributed by atoms with E-state index in [1.54, 1.807) is 6.20 Å². The van der Waals surface area contributed by atoms with E-state index in [0.29, 0.717) is 5.69 Å². The number of rotatable bonds is 3. The number of benzene rings is 2. The second-order valence-electron chi connectivity index (χ2n) is 6.67. The zero-order valence-electron chi connectivity index (χ0n) is 14.9. The van der Waals surface area contributed by atoms with Crippen molar-refractivity contribution in [1.82, 2.24) is 9.88 Å². The fourth-order valence-corrected chi connectivity index (χ4v) is 3.31. The minimum Gasteiger partial charge on any atom is -0.369 e. The van der Waals surface area contributed by atoms with E-state index in [0.717, 1.165) is 42.6 Å². The molecule has 0 aliphatic carbocycles. The van der Waals surface area contributed by atoms with Crippen LogP contribution in [0.15, 0.2) is 60.8 Å². The Labute approximate surface area is 153 Å². The highest BCUT2D eigenvalue weighted by Gasteiger charge is 2.15. The molecule has 2 heterocycles. The van der Waals surface area contributed by atoms with Crippen molar-refractivity contribution in [2.24, 2.45) is 0 Å². The Balaban J connectivity index is 1.49. The highest BCUT2D eigenvalue weighted by molar-refractivity contribution is 6.11. The molecule has 1 N–H and O–H groups in total. The van der Waals surface area contributed by atoms with Gasteiger partial charge in [0, 0.05) is 49.1 Å². The van der Waals surface area contributed by atoms with Gasteiger partial charge < -0.3 is 15.1 Å². The fraction of sp³-hybridized carbons (Fsp3) is 0.238. The maximum Gasteiger partial charge on any atom is 0.274 e. The van der Waals surface area contributed by atoms with Gasteiger partial charge in [-0.05, 0) is 42.8 Å². The number of nitrogens with zero attached hydrogens (tertiary/aromatic N) is 3. The molecule has 5 heteroatoms. The van der Waals surface area contributed by atoms with Crippen LogP contribution in [0.1, 0.15) is 10.5 Å². The van der Waals surface area contributed by atoms with Gasteiger partial charge in [-0.2, -0.15) is 0 Å². The molecule has 1 aliphatic rings. The molecule has 26 heavy (non-hydrogen) atoms. The Morgan fingerprint density at radius 3 is 2.46 bits per heavy atom. The van der Waals surface area contributed by atoms with Crippen LogP contribution in [0.3, 0.4) is 0 Å². The van der Waals surface area contributed by atoms with Crippen LogP contribution in [-0.4, -0.2) is 49.0 Å². The second-order valence-corrected chi connectivity index (χ2v) is 6.67. The van der Waals surface area contributed by atoms with E-state index in [9.17, 15) is 4.79 Å². The molecule has 5 nitrogen and oxygen atoms in total. The van der Waals surface area contributed by atoms with Gasteiger partial charge in [0.05, 0.1) is 0 Å². The van der Waals surface area contributed by atoms with E-state index in [1.165, 1.54) is 5.69 Å². The lowest BCUT2D eigenvalue weighted by atomic mass is 10.1. The molecular weight excluding hydrogens is 324 g/mol. The molecule has 1 aromatic heterocycles. The maximum atomic E-state index is 12.7. The first-order valence-electron chi connectivity index (χ1n) is 8.89. The smallest absolute Gasteiger partial charge is 0.274 e. The van der Waals surface area contributed by atoms with Crippen LogP contribution in [0.25, 0.3) is 10.8 Å². The Kier molecular flexibility index (Phi) is 4.54. The minimum atomic E-state index is -0.186. The van der Waals surface area contributed by atoms with Crippen LogP contribution < -0.4 is 10.2 Å². The normalized spacial score (nSPS) is 15.2. The number of fused-ring (bicyclic) bond motifs is 1. The molecule has 1 amide bonds. The topological polar surface area (TPSA) is 48.5 Å². The summed E-state index contributed by atoms with van der Waals surface area (Å²) in [5.74, 6) is -0.186. The summed E-state index contributed by atoms with van der Waals surface area (Å²) in [5, 5.41) is 4.83. The monoisotopic (exact) mass is 346 g/mol. The third-order valence-corrected chi connectivity index (χ3v) is 4.88. The molecule has 0 atom stereocenters. The van der Waals surface area contributed by atoms with Gasteiger partial charge in [-0.25, -0.2) is 0 Å². The number of likely N-dealkylation sites (N-methyl/N-ethyl adjacent to an activating group) is 1. The van der Waals surface area contributed by atoms with Crippen LogP contribution in [0, 0.1) is 0 Å². The Morgan fingerprint density at radius 2 is 1.69 bits per heavy atom. The molecule has 2 aromatic carbocycles. The predicted molar refractivity (Wildman–Crippen MR) is 106 cm³/mol. The number of amides is 1. The van der Waals surface area contributed by atoms with Crippen molar-refractivity contribution in [2.45, 2.75) is 0 Å². The van der Waals surface area contributed by atoms with E-state index in [4.69, 9.17) is 0 Å². The molecule has 0 radical (unpaired) electrons. The summed E-state index contributed by atoms with van der Waals surface area (Å²) in [5.41, 5.74) is 2.42. The van der Waals surface area contributed by atoms with Crippen molar-refractivity contribution in [2.75, 3.05) is 43.4 Å². The molecule has 4 rings (SSSR count). The lowest BCUT2D eigenvalue weighted by molar-refractivity contribution is 0.102. The summed E-state index contributed by atoms with van der Waals surface area (Å²) in [6.45, 7) is 4.21. The average Bonchev–Trinajstić information content (AvgIpc) is 2.69. The van der Waals surface area contributed by atoms with E-state index in [2.05, 4.69) is 39.3 Å². The van der Waals surface area contributed by atoms with E-state index < -0.39 is 0 Å². The van der Waals surface area contributed by atoms with Crippen LogP contribution in [0.4, 0.5) is 11.4 Å². The Morgan fingerprint density at radius 1 is 0.962 bits per heavy atom. The summed E-state index contributed by atoms with van der Waals surface area (Å²) in [6, 6.07) is 17.7. The Bertz CT molecular complexity index is 909. The zero-order chi connectivity index (χ0) is 17.9. The predicted octanol–water partition coefficient (Wildman–Crippen LogP) is 3.24. The summed E-state index contributed by atoms with van der Waals surface area (Å²) >= 11 is 0. The number of hydrogen-bond donors (Lipinski definition) is 1. The summed E-state index contributed by atoms with van der Waals surface area (Å²) < 4.78 is 0. The third-order valence-electron chi connectivity index (χ3n) is 4.88. The van der Waals surface area contributed by atoms with Crippen molar-refractivity contribution >= 4 is 28.1 Å². The van der Waals surface area contributed by atoms with Crippen molar-refractivity contribution in [1.29, 1.82) is 0 Å². The average molecular weight is 346 g/mol. The number of hydrogen-bond acceptors (Lipinski definition) is 4. The SMILES string of the molecule is CN1CCN(c2ccc(NC(=O)c3nccc4ccccc34)cc2)CC1. The molecule has 3 aromatic rings. The molecule has 1 saturated heterocycles. The number of piperazine rings is 1. The van der Waals surface area contributed by atoms with Gasteiger partial charge >= 0.3 is 0 Å². The van der Waals surface area contributed by atoms with Crippen molar-refractivity contribution in [3.05, 3.63) is 66.5 Å². The highest BCUT2D eigenvalue weighted by Crippen LogP contribution is 2.21. The van der Waals surface area contributed by atoms with Crippen LogP contribution in [0.5, 0.6) is 0 Å². The van der Waals surface area contributed by atoms with Crippen molar-refractivity contribution in [3.8, 4) is 0 Å². The largest absolute Gasteiger partial charge is 0.369 e. The molecule has 0 spiro atoms. The number of pyridine rings is 1. The molecule has 0 saturated carbocycles. The van der Waals surface area contributed by atoms with Crippen LogP contribution in [0.2, 0.25) is 0 Å². The first-order valence-corrected chi connectivity index (χ1v) is 8.89. The van der Waals surface area contributed by atoms with E-state index in [-0.39, 0.29) is 5.91 Å². The Hall–Kier alpha value is -2.92. The molecule has 0 unspecified atom stereocenters. The van der Waals surface area contributed by atoms with Gasteiger partial charge in [-0.3, -0.25) is 9.78 Å². The lowest BCUT2D eigenvalue weighted by Crippen LogP contribution is -2.44. The van der Waals surface area contributed by atoms with Crippen LogP contribution >= 0.6 is 0 Å². The maximum absolute atomic E-state index is 12.7. The van der Waals surface area contributed by atoms with Gasteiger partial charge in [-0.1, -0.05) is 24.3 Å². The van der Waals surface area contributed by atoms with Crippen LogP contribution in [-0.2, 0) is 0 Å². The number of nitrogens with one attached hydrogen (secondary N) is 1. The molecule has 132 valence electrons. The summed E-state index contributed by atoms with van der Waals surface area (Å²) in [7, 11) is 2.15. The second kappa shape index (κ2) is 7.14. The third kappa shape index (κ3) is 3.39. The van der Waals surface area contributed by atoms with E-state index in [1.807, 2.05) is 42.5 Å². The lowest BCUT2D eigenvalue weighted by Gasteiger charge is -2.34. The summed E-state index contributed by atoms with van der Waals surface area (Å²) in [6.07, 6.45) is 1.67. The van der Waals surface area contributed by atoms with Gasteiger partial charge in [0.25, 0.3) is 5.91 Å². The molecular formula is C21H22N4O. The molecule has 1 aliphatic heterocycles. The number of anilines is 2. The zero-order valence-corrected chi connectivity index (χ0v) is 14.9. The van der Waals surface area contributed by atoms with Gasteiger partial charge in [0.1, 0.15) is 5.69 Å². The van der Waals surface area contributed by atoms with E-state index >= 15 is 0 Å². The standard InChI is InChI=1S/C21H22N4O/c1-24-12-14-25(15-13-24)18-8-6-17(7-9-18)23-21(26)20-19-5-3-2-4-16(19)10-11-22-20/h2-11H,12-15H2,1H3,(H,23,26). The van der Waals surface area contributed by atoms with Gasteiger partial charge in [-0.15, -0.1) is 0 Å². The van der Waals surface area contributed by atoms with Gasteiger partial charge in [0.2, 0.25) is 0 Å². The first kappa shape index (κ1) is 16.5. The van der Waals surface area contributed by atoms with Gasteiger partial charge in [0.15, 0.2) is 0 Å². The molecule has 0 bridgehead atoms. The minimum absolute atomic E-state index is 0.186. The number of carbonyl (C=O) groups excluding carboxylic acids is 1. The quantitative estimate of drug-likeness (QED) is 0.791. The number of carbonyl (C=O) groups is 1. The van der Waals surface area contributed by atoms with Crippen molar-refractivity contribution < 1.29 is 4.79 Å². The first-order chi connectivity index (χ1) is 12.7.